The summed E-state index contributed by atoms with van der Waals surface area (Å²) in [4.78, 5) is 26.8. The number of nitrogens with zero attached hydrogens (tertiary/aromatic N) is 1. The highest BCUT2D eigenvalue weighted by molar-refractivity contribution is 5.90. The molecule has 1 amide bonds. The van der Waals surface area contributed by atoms with Crippen LogP contribution >= 0.6 is 0 Å². The SMILES string of the molecule is CC(=O)Nc1cccnc1Oc1ccc2c(C)cc(=O)oc2c1. The van der Waals surface area contributed by atoms with Crippen LogP contribution in [-0.4, -0.2) is 10.9 Å². The van der Waals surface area contributed by atoms with Crippen molar-refractivity contribution in [3.63, 3.8) is 0 Å². The van der Waals surface area contributed by atoms with Gasteiger partial charge in [-0.05, 0) is 36.8 Å². The average Bonchev–Trinajstić information content (AvgIpc) is 2.48. The van der Waals surface area contributed by atoms with E-state index in [9.17, 15) is 9.59 Å². The maximum Gasteiger partial charge on any atom is 0.336 e. The van der Waals surface area contributed by atoms with Gasteiger partial charge in [0.25, 0.3) is 0 Å². The third-order valence-electron chi connectivity index (χ3n) is 3.22. The normalized spacial score (nSPS) is 10.5. The summed E-state index contributed by atoms with van der Waals surface area (Å²) in [7, 11) is 0. The molecule has 0 radical (unpaired) electrons. The Balaban J connectivity index is 1.99. The fourth-order valence-electron chi connectivity index (χ4n) is 2.24. The van der Waals surface area contributed by atoms with Crippen LogP contribution in [-0.2, 0) is 4.79 Å². The molecular weight excluding hydrogens is 296 g/mol. The van der Waals surface area contributed by atoms with E-state index in [1.54, 1.807) is 30.5 Å². The molecule has 3 aromatic rings. The van der Waals surface area contributed by atoms with Gasteiger partial charge in [0.05, 0.1) is 0 Å². The number of fused-ring (bicyclic) bond motifs is 1. The summed E-state index contributed by atoms with van der Waals surface area (Å²) < 4.78 is 10.9. The molecule has 2 aromatic heterocycles. The maximum absolute atomic E-state index is 11.5. The van der Waals surface area contributed by atoms with E-state index in [-0.39, 0.29) is 11.8 Å². The zero-order valence-corrected chi connectivity index (χ0v) is 12.6. The zero-order chi connectivity index (χ0) is 16.4. The molecule has 6 nitrogen and oxygen atoms in total. The van der Waals surface area contributed by atoms with Gasteiger partial charge in [0.1, 0.15) is 17.0 Å². The van der Waals surface area contributed by atoms with Crippen LogP contribution in [0.3, 0.4) is 0 Å². The van der Waals surface area contributed by atoms with Gasteiger partial charge in [-0.25, -0.2) is 9.78 Å². The number of benzene rings is 1. The quantitative estimate of drug-likeness (QED) is 0.751. The minimum Gasteiger partial charge on any atom is -0.437 e. The van der Waals surface area contributed by atoms with Crippen molar-refractivity contribution in [2.24, 2.45) is 0 Å². The highest BCUT2D eigenvalue weighted by atomic mass is 16.5. The maximum atomic E-state index is 11.5. The molecule has 116 valence electrons. The number of hydrogen-bond donors (Lipinski definition) is 1. The second-order valence-electron chi connectivity index (χ2n) is 5.05. The molecule has 3 rings (SSSR count). The lowest BCUT2D eigenvalue weighted by Crippen LogP contribution is -2.07. The first kappa shape index (κ1) is 14.8. The Morgan fingerprint density at radius 3 is 2.87 bits per heavy atom. The smallest absolute Gasteiger partial charge is 0.336 e. The summed E-state index contributed by atoms with van der Waals surface area (Å²) in [5, 5.41) is 3.48. The van der Waals surface area contributed by atoms with Gasteiger partial charge in [-0.2, -0.15) is 0 Å². The van der Waals surface area contributed by atoms with E-state index >= 15 is 0 Å². The molecule has 0 unspecified atom stereocenters. The first-order valence-corrected chi connectivity index (χ1v) is 6.98. The lowest BCUT2D eigenvalue weighted by atomic mass is 10.1. The number of aromatic nitrogens is 1. The van der Waals surface area contributed by atoms with Crippen LogP contribution in [0, 0.1) is 6.92 Å². The minimum absolute atomic E-state index is 0.219. The van der Waals surface area contributed by atoms with Crippen molar-refractivity contribution in [3.05, 3.63) is 58.6 Å². The standard InChI is InChI=1S/C17H14N2O4/c1-10-8-16(21)23-15-9-12(5-6-13(10)15)22-17-14(19-11(2)20)4-3-7-18-17/h3-9H,1-2H3,(H,19,20). The van der Waals surface area contributed by atoms with Crippen molar-refractivity contribution in [2.45, 2.75) is 13.8 Å². The van der Waals surface area contributed by atoms with E-state index < -0.39 is 5.63 Å². The van der Waals surface area contributed by atoms with Crippen LogP contribution < -0.4 is 15.7 Å². The number of nitrogens with one attached hydrogen (secondary N) is 1. The van der Waals surface area contributed by atoms with E-state index in [1.807, 2.05) is 13.0 Å². The fourth-order valence-corrected chi connectivity index (χ4v) is 2.24. The third kappa shape index (κ3) is 3.21. The number of pyridine rings is 1. The zero-order valence-electron chi connectivity index (χ0n) is 12.6. The highest BCUT2D eigenvalue weighted by Gasteiger charge is 2.09. The van der Waals surface area contributed by atoms with Crippen molar-refractivity contribution < 1.29 is 13.9 Å². The molecule has 1 N–H and O–H groups in total. The molecule has 0 aliphatic heterocycles. The summed E-state index contributed by atoms with van der Waals surface area (Å²) in [5.41, 5.74) is 1.32. The topological polar surface area (TPSA) is 81.4 Å². The van der Waals surface area contributed by atoms with Crippen LogP contribution in [0.4, 0.5) is 5.69 Å². The van der Waals surface area contributed by atoms with Gasteiger partial charge in [0, 0.05) is 30.6 Å². The van der Waals surface area contributed by atoms with Crippen molar-refractivity contribution in [2.75, 3.05) is 5.32 Å². The molecule has 0 spiro atoms. The molecule has 6 heteroatoms. The molecule has 0 aliphatic rings. The number of carbonyl (C=O) groups is 1. The number of ether oxygens (including phenoxy) is 1. The monoisotopic (exact) mass is 310 g/mol. The molecule has 2 heterocycles. The van der Waals surface area contributed by atoms with E-state index in [0.29, 0.717) is 17.0 Å². The minimum atomic E-state index is -0.413. The van der Waals surface area contributed by atoms with Crippen LogP contribution in [0.25, 0.3) is 11.0 Å². The Labute approximate surface area is 131 Å². The molecule has 0 bridgehead atoms. The third-order valence-corrected chi connectivity index (χ3v) is 3.22. The largest absolute Gasteiger partial charge is 0.437 e. The molecule has 0 saturated heterocycles. The van der Waals surface area contributed by atoms with Gasteiger partial charge in [-0.1, -0.05) is 0 Å². The lowest BCUT2D eigenvalue weighted by Gasteiger charge is -2.10. The first-order valence-electron chi connectivity index (χ1n) is 6.98. The fraction of sp³-hybridized carbons (Fsp3) is 0.118. The number of anilines is 1. The van der Waals surface area contributed by atoms with Crippen LogP contribution in [0.1, 0.15) is 12.5 Å². The van der Waals surface area contributed by atoms with Gasteiger partial charge in [-0.15, -0.1) is 0 Å². The summed E-state index contributed by atoms with van der Waals surface area (Å²) in [6.45, 7) is 3.25. The van der Waals surface area contributed by atoms with Gasteiger partial charge in [0.15, 0.2) is 0 Å². The summed E-state index contributed by atoms with van der Waals surface area (Å²) in [6, 6.07) is 10.0. The first-order chi connectivity index (χ1) is 11.0. The molecule has 0 fully saturated rings. The Morgan fingerprint density at radius 2 is 2.09 bits per heavy atom. The number of aryl methyl sites for hydroxylation is 1. The highest BCUT2D eigenvalue weighted by Crippen LogP contribution is 2.29. The van der Waals surface area contributed by atoms with Gasteiger partial charge >= 0.3 is 5.63 Å². The summed E-state index contributed by atoms with van der Waals surface area (Å²) >= 11 is 0. The van der Waals surface area contributed by atoms with Gasteiger partial charge < -0.3 is 14.5 Å². The average molecular weight is 310 g/mol. The molecule has 0 saturated carbocycles. The van der Waals surface area contributed by atoms with Crippen LogP contribution in [0.15, 0.2) is 51.8 Å². The molecule has 1 aromatic carbocycles. The summed E-state index contributed by atoms with van der Waals surface area (Å²) in [5.74, 6) is 0.497. The molecule has 0 atom stereocenters. The molecular formula is C17H14N2O4. The second kappa shape index (κ2) is 5.92. The summed E-state index contributed by atoms with van der Waals surface area (Å²) in [6.07, 6.45) is 1.56. The van der Waals surface area contributed by atoms with Crippen molar-refractivity contribution in [1.29, 1.82) is 0 Å². The van der Waals surface area contributed by atoms with E-state index in [1.165, 1.54) is 13.0 Å². The Hall–Kier alpha value is -3.15. The van der Waals surface area contributed by atoms with Crippen molar-refractivity contribution >= 4 is 22.6 Å². The van der Waals surface area contributed by atoms with E-state index in [2.05, 4.69) is 10.3 Å². The van der Waals surface area contributed by atoms with Gasteiger partial charge in [0.2, 0.25) is 11.8 Å². The number of rotatable bonds is 3. The molecule has 23 heavy (non-hydrogen) atoms. The van der Waals surface area contributed by atoms with E-state index in [4.69, 9.17) is 9.15 Å². The van der Waals surface area contributed by atoms with E-state index in [0.717, 1.165) is 10.9 Å². The van der Waals surface area contributed by atoms with Gasteiger partial charge in [-0.3, -0.25) is 4.79 Å². The number of carbonyl (C=O) groups excluding carboxylic acids is 1. The molecule has 0 aliphatic carbocycles. The Kier molecular flexibility index (Phi) is 3.80. The Morgan fingerprint density at radius 1 is 1.26 bits per heavy atom. The van der Waals surface area contributed by atoms with Crippen molar-refractivity contribution in [3.8, 4) is 11.6 Å². The number of hydrogen-bond acceptors (Lipinski definition) is 5. The van der Waals surface area contributed by atoms with Crippen LogP contribution in [0.2, 0.25) is 0 Å². The lowest BCUT2D eigenvalue weighted by molar-refractivity contribution is -0.114. The number of amides is 1. The van der Waals surface area contributed by atoms with Crippen LogP contribution in [0.5, 0.6) is 11.6 Å². The van der Waals surface area contributed by atoms with Crippen molar-refractivity contribution in [1.82, 2.24) is 4.98 Å². The predicted octanol–water partition coefficient (Wildman–Crippen LogP) is 3.25. The Bertz CT molecular complexity index is 947. The predicted molar refractivity (Wildman–Crippen MR) is 85.8 cm³/mol. The second-order valence-corrected chi connectivity index (χ2v) is 5.05.